The number of non-ortho nitro benzene ring substituents is 1. The quantitative estimate of drug-likeness (QED) is 0.389. The number of aromatic hydroxyl groups is 1. The van der Waals surface area contributed by atoms with Crippen LogP contribution < -0.4 is 15.5 Å². The molecule has 0 heterocycles. The van der Waals surface area contributed by atoms with Gasteiger partial charge in [-0.2, -0.15) is 5.10 Å². The molecule has 9 nitrogen and oxygen atoms in total. The van der Waals surface area contributed by atoms with Gasteiger partial charge in [-0.1, -0.05) is 17.7 Å². The largest absolute Gasteiger partial charge is 0.504 e. The maximum absolute atomic E-state index is 12.1. The van der Waals surface area contributed by atoms with E-state index in [-0.39, 0.29) is 22.7 Å². The summed E-state index contributed by atoms with van der Waals surface area (Å²) in [6.07, 6.45) is 1.11. The molecular weight excluding hydrogens is 352 g/mol. The maximum atomic E-state index is 12.1. The van der Waals surface area contributed by atoms with E-state index in [0.29, 0.717) is 0 Å². The lowest BCUT2D eigenvalue weighted by Gasteiger charge is -2.13. The van der Waals surface area contributed by atoms with Crippen LogP contribution in [0.25, 0.3) is 0 Å². The molecule has 0 radical (unpaired) electrons. The van der Waals surface area contributed by atoms with Crippen molar-refractivity contribution in [3.05, 3.63) is 57.6 Å². The number of nitro groups is 1. The summed E-state index contributed by atoms with van der Waals surface area (Å²) in [5.74, 6) is -0.790. The lowest BCUT2D eigenvalue weighted by molar-refractivity contribution is -0.385. The Morgan fingerprint density at radius 3 is 2.59 bits per heavy atom. The summed E-state index contributed by atoms with van der Waals surface area (Å²) in [5, 5.41) is 27.7. The van der Waals surface area contributed by atoms with Crippen molar-refractivity contribution in [2.45, 2.75) is 19.9 Å². The van der Waals surface area contributed by atoms with Gasteiger partial charge in [-0.25, -0.2) is 5.43 Å². The number of nitrogens with zero attached hydrogens (tertiary/aromatic N) is 2. The predicted octanol–water partition coefficient (Wildman–Crippen LogP) is 2.57. The van der Waals surface area contributed by atoms with Crippen molar-refractivity contribution < 1.29 is 19.6 Å². The second-order valence-electron chi connectivity index (χ2n) is 5.81. The Balaban J connectivity index is 2.05. The Labute approximate surface area is 155 Å². The third kappa shape index (κ3) is 5.18. The number of hydrazone groups is 1. The summed E-state index contributed by atoms with van der Waals surface area (Å²) in [5.41, 5.74) is 3.98. The number of amides is 1. The predicted molar refractivity (Wildman–Crippen MR) is 101 cm³/mol. The second kappa shape index (κ2) is 8.65. The standard InChI is InChI=1S/C18H20N4O5/c1-11-4-6-14(7-5-11)20-12(2)18(24)21-19-10-13-8-15(22(25)26)9-16(27-3)17(13)23/h4-10,12,20,23H,1-3H3,(H,21,24)/b19-10-/t12-/m0/s1. The highest BCUT2D eigenvalue weighted by molar-refractivity contribution is 5.89. The number of phenols is 1. The summed E-state index contributed by atoms with van der Waals surface area (Å²) in [6.45, 7) is 3.63. The molecule has 0 aliphatic heterocycles. The van der Waals surface area contributed by atoms with Gasteiger partial charge in [0.1, 0.15) is 6.04 Å². The van der Waals surface area contributed by atoms with E-state index in [1.807, 2.05) is 31.2 Å². The fraction of sp³-hybridized carbons (Fsp3) is 0.222. The molecule has 0 aliphatic rings. The first-order valence-corrected chi connectivity index (χ1v) is 8.03. The van der Waals surface area contributed by atoms with Crippen LogP contribution in [0, 0.1) is 17.0 Å². The van der Waals surface area contributed by atoms with E-state index in [4.69, 9.17) is 4.74 Å². The molecule has 9 heteroatoms. The number of aryl methyl sites for hydroxylation is 1. The molecule has 1 amide bonds. The molecule has 0 aliphatic carbocycles. The van der Waals surface area contributed by atoms with Crippen molar-refractivity contribution in [2.75, 3.05) is 12.4 Å². The zero-order valence-electron chi connectivity index (χ0n) is 15.1. The number of carbonyl (C=O) groups excluding carboxylic acids is 1. The van der Waals surface area contributed by atoms with Gasteiger partial charge in [-0.15, -0.1) is 0 Å². The van der Waals surface area contributed by atoms with E-state index in [1.165, 1.54) is 7.11 Å². The van der Waals surface area contributed by atoms with E-state index < -0.39 is 16.9 Å². The first-order chi connectivity index (χ1) is 12.8. The van der Waals surface area contributed by atoms with Crippen molar-refractivity contribution in [3.8, 4) is 11.5 Å². The Kier molecular flexibility index (Phi) is 6.32. The molecule has 2 rings (SSSR count). The number of ether oxygens (including phenoxy) is 1. The third-order valence-corrected chi connectivity index (χ3v) is 3.73. The molecule has 0 saturated heterocycles. The Hall–Kier alpha value is -3.62. The first-order valence-electron chi connectivity index (χ1n) is 8.03. The molecular formula is C18H20N4O5. The van der Waals surface area contributed by atoms with Crippen molar-refractivity contribution in [3.63, 3.8) is 0 Å². The number of anilines is 1. The molecule has 2 aromatic rings. The molecule has 0 spiro atoms. The fourth-order valence-corrected chi connectivity index (χ4v) is 2.20. The van der Waals surface area contributed by atoms with Crippen molar-refractivity contribution in [1.29, 1.82) is 0 Å². The van der Waals surface area contributed by atoms with Crippen LogP contribution in [0.15, 0.2) is 41.5 Å². The number of hydrogen-bond donors (Lipinski definition) is 3. The number of methoxy groups -OCH3 is 1. The molecule has 0 bridgehead atoms. The highest BCUT2D eigenvalue weighted by atomic mass is 16.6. The lowest BCUT2D eigenvalue weighted by Crippen LogP contribution is -2.34. The summed E-state index contributed by atoms with van der Waals surface area (Å²) < 4.78 is 4.90. The Morgan fingerprint density at radius 2 is 2.00 bits per heavy atom. The van der Waals surface area contributed by atoms with E-state index in [2.05, 4.69) is 15.8 Å². The van der Waals surface area contributed by atoms with E-state index in [1.54, 1.807) is 6.92 Å². The molecule has 1 atom stereocenters. The summed E-state index contributed by atoms with van der Waals surface area (Å²) in [6, 6.07) is 9.21. The van der Waals surface area contributed by atoms with Crippen LogP contribution in [0.3, 0.4) is 0 Å². The SMILES string of the molecule is COc1cc([N+](=O)[O-])cc(/C=N\NC(=O)[C@H](C)Nc2ccc(C)cc2)c1O. The number of phenolic OH excluding ortho intramolecular Hbond substituents is 1. The van der Waals surface area contributed by atoms with Gasteiger partial charge in [0, 0.05) is 17.3 Å². The Morgan fingerprint density at radius 1 is 1.33 bits per heavy atom. The van der Waals surface area contributed by atoms with Crippen LogP contribution in [0.1, 0.15) is 18.1 Å². The van der Waals surface area contributed by atoms with Gasteiger partial charge in [-0.05, 0) is 26.0 Å². The average Bonchev–Trinajstić information content (AvgIpc) is 2.64. The van der Waals surface area contributed by atoms with Crippen molar-refractivity contribution in [2.24, 2.45) is 5.10 Å². The molecule has 0 aromatic heterocycles. The molecule has 142 valence electrons. The minimum Gasteiger partial charge on any atom is -0.504 e. The van der Waals surface area contributed by atoms with Crippen LogP contribution in [0.4, 0.5) is 11.4 Å². The number of carbonyl (C=O) groups is 1. The molecule has 0 unspecified atom stereocenters. The van der Waals surface area contributed by atoms with Crippen molar-refractivity contribution in [1.82, 2.24) is 5.43 Å². The minimum atomic E-state index is -0.620. The molecule has 3 N–H and O–H groups in total. The lowest BCUT2D eigenvalue weighted by atomic mass is 10.2. The van der Waals surface area contributed by atoms with Crippen LogP contribution in [0.5, 0.6) is 11.5 Å². The number of rotatable bonds is 7. The maximum Gasteiger partial charge on any atom is 0.274 e. The number of benzene rings is 2. The van der Waals surface area contributed by atoms with Gasteiger partial charge < -0.3 is 15.2 Å². The van der Waals surface area contributed by atoms with Gasteiger partial charge in [0.15, 0.2) is 11.5 Å². The third-order valence-electron chi connectivity index (χ3n) is 3.73. The smallest absolute Gasteiger partial charge is 0.274 e. The molecule has 27 heavy (non-hydrogen) atoms. The number of nitro benzene ring substituents is 1. The van der Waals surface area contributed by atoms with E-state index >= 15 is 0 Å². The van der Waals surface area contributed by atoms with Gasteiger partial charge in [0.2, 0.25) is 0 Å². The Bertz CT molecular complexity index is 865. The summed E-state index contributed by atoms with van der Waals surface area (Å²) in [4.78, 5) is 22.4. The highest BCUT2D eigenvalue weighted by Crippen LogP contribution is 2.33. The van der Waals surface area contributed by atoms with Crippen LogP contribution in [0.2, 0.25) is 0 Å². The zero-order chi connectivity index (χ0) is 20.0. The minimum absolute atomic E-state index is 0.0421. The molecule has 0 fully saturated rings. The molecule has 2 aromatic carbocycles. The fourth-order valence-electron chi connectivity index (χ4n) is 2.20. The van der Waals surface area contributed by atoms with Crippen molar-refractivity contribution >= 4 is 23.5 Å². The van der Waals surface area contributed by atoms with Crippen LogP contribution in [-0.4, -0.2) is 35.3 Å². The molecule has 0 saturated carbocycles. The summed E-state index contributed by atoms with van der Waals surface area (Å²) in [7, 11) is 1.28. The summed E-state index contributed by atoms with van der Waals surface area (Å²) >= 11 is 0. The van der Waals surface area contributed by atoms with Gasteiger partial charge >= 0.3 is 0 Å². The average molecular weight is 372 g/mol. The van der Waals surface area contributed by atoms with Gasteiger partial charge in [0.25, 0.3) is 11.6 Å². The van der Waals surface area contributed by atoms with E-state index in [9.17, 15) is 20.0 Å². The van der Waals surface area contributed by atoms with Gasteiger partial charge in [-0.3, -0.25) is 14.9 Å². The van der Waals surface area contributed by atoms with Gasteiger partial charge in [0.05, 0.1) is 24.3 Å². The normalized spacial score (nSPS) is 11.8. The van der Waals surface area contributed by atoms with Crippen LogP contribution >= 0.6 is 0 Å². The monoisotopic (exact) mass is 372 g/mol. The number of hydrogen-bond acceptors (Lipinski definition) is 7. The highest BCUT2D eigenvalue weighted by Gasteiger charge is 2.16. The van der Waals surface area contributed by atoms with Crippen LogP contribution in [-0.2, 0) is 4.79 Å². The second-order valence-corrected chi connectivity index (χ2v) is 5.81. The van der Waals surface area contributed by atoms with E-state index in [0.717, 1.165) is 29.6 Å². The topological polar surface area (TPSA) is 126 Å². The first kappa shape index (κ1) is 19.7. The zero-order valence-corrected chi connectivity index (χ0v) is 15.1. The number of nitrogens with one attached hydrogen (secondary N) is 2.